The fourth-order valence-corrected chi connectivity index (χ4v) is 4.17. The zero-order chi connectivity index (χ0) is 28.3. The molecule has 1 atom stereocenters. The van der Waals surface area contributed by atoms with Gasteiger partial charge in [0.15, 0.2) is 0 Å². The Kier molecular flexibility index (Phi) is 10.7. The van der Waals surface area contributed by atoms with E-state index in [0.717, 1.165) is 35.8 Å². The Morgan fingerprint density at radius 2 is 1.41 bits per heavy atom. The minimum absolute atomic E-state index is 0.104. The normalized spacial score (nSPS) is 13.3. The molecule has 2 N–H and O–H groups in total. The van der Waals surface area contributed by atoms with Crippen LogP contribution in [0.25, 0.3) is 12.2 Å². The van der Waals surface area contributed by atoms with E-state index in [9.17, 15) is 13.5 Å². The average molecular weight is 551 g/mol. The first-order chi connectivity index (χ1) is 18.7. The van der Waals surface area contributed by atoms with Gasteiger partial charge in [0.05, 0.1) is 18.7 Å². The monoisotopic (exact) mass is 550 g/mol. The molecular weight excluding hydrogens is 516 g/mol. The van der Waals surface area contributed by atoms with Gasteiger partial charge >= 0.3 is 0 Å². The standard InChI is InChI=1S/C22H26N2O3.C8H8O3S/c1-3-18-4-6-19(7-5-18)14-23-12-13-24(17-23)15-20(25)16-27-22-10-8-21(26-2)9-11-22;1-2-7-3-5-8(6-4-7)12(9,10)11/h3-13,20,25H,1,14-17H2,2H3;2-6H,1H2,(H,9,10,11). The number of β-amino-alcohol motifs (C(OH)–C–C–N with tert-alkyl or cyclic N) is 1. The van der Waals surface area contributed by atoms with Crippen molar-refractivity contribution in [1.29, 1.82) is 0 Å². The van der Waals surface area contributed by atoms with Gasteiger partial charge in [-0.1, -0.05) is 61.7 Å². The van der Waals surface area contributed by atoms with Gasteiger partial charge < -0.3 is 24.4 Å². The number of methoxy groups -OCH3 is 1. The zero-order valence-electron chi connectivity index (χ0n) is 21.9. The molecule has 0 aliphatic carbocycles. The molecule has 0 spiro atoms. The number of aliphatic hydroxyl groups excluding tert-OH is 1. The van der Waals surface area contributed by atoms with E-state index in [1.165, 1.54) is 17.7 Å². The summed E-state index contributed by atoms with van der Waals surface area (Å²) in [6, 6.07) is 21.5. The molecule has 4 rings (SSSR count). The van der Waals surface area contributed by atoms with Gasteiger partial charge in [0.2, 0.25) is 0 Å². The summed E-state index contributed by atoms with van der Waals surface area (Å²) in [6.45, 7) is 9.65. The van der Waals surface area contributed by atoms with Crippen LogP contribution in [0.3, 0.4) is 0 Å². The Morgan fingerprint density at radius 3 is 1.95 bits per heavy atom. The largest absolute Gasteiger partial charge is 0.497 e. The Labute approximate surface area is 230 Å². The fourth-order valence-electron chi connectivity index (χ4n) is 3.69. The van der Waals surface area contributed by atoms with Crippen LogP contribution in [0.15, 0.2) is 103 Å². The molecule has 1 aliphatic heterocycles. The first-order valence-electron chi connectivity index (χ1n) is 12.2. The maximum absolute atomic E-state index is 10.6. The van der Waals surface area contributed by atoms with Gasteiger partial charge in [0.1, 0.15) is 24.2 Å². The van der Waals surface area contributed by atoms with Gasteiger partial charge in [-0.25, -0.2) is 0 Å². The molecular formula is C30H34N2O6S. The van der Waals surface area contributed by atoms with Gasteiger partial charge in [-0.05, 0) is 53.1 Å². The van der Waals surface area contributed by atoms with E-state index >= 15 is 0 Å². The Hall–Kier alpha value is -4.05. The van der Waals surface area contributed by atoms with Crippen LogP contribution in [0.4, 0.5) is 0 Å². The summed E-state index contributed by atoms with van der Waals surface area (Å²) >= 11 is 0. The third-order valence-corrected chi connectivity index (χ3v) is 6.68. The molecule has 0 saturated carbocycles. The van der Waals surface area contributed by atoms with Gasteiger partial charge in [0.25, 0.3) is 10.1 Å². The van der Waals surface area contributed by atoms with Crippen LogP contribution >= 0.6 is 0 Å². The van der Waals surface area contributed by atoms with Gasteiger partial charge in [-0.3, -0.25) is 4.55 Å². The molecule has 0 aromatic heterocycles. The van der Waals surface area contributed by atoms with Crippen molar-refractivity contribution < 1.29 is 27.6 Å². The van der Waals surface area contributed by atoms with Crippen molar-refractivity contribution in [3.8, 4) is 11.5 Å². The smallest absolute Gasteiger partial charge is 0.294 e. The molecule has 1 unspecified atom stereocenters. The lowest BCUT2D eigenvalue weighted by Gasteiger charge is -2.23. The molecule has 0 fully saturated rings. The second-order valence-corrected chi connectivity index (χ2v) is 10.2. The number of ether oxygens (including phenoxy) is 2. The van der Waals surface area contributed by atoms with Gasteiger partial charge in [-0.2, -0.15) is 8.42 Å². The molecule has 1 heterocycles. The van der Waals surface area contributed by atoms with Crippen LogP contribution in [-0.2, 0) is 16.7 Å². The lowest BCUT2D eigenvalue weighted by atomic mass is 10.1. The van der Waals surface area contributed by atoms with Crippen LogP contribution < -0.4 is 9.47 Å². The fraction of sp³-hybridized carbons (Fsp3) is 0.200. The number of nitrogens with zero attached hydrogens (tertiary/aromatic N) is 2. The molecule has 0 saturated heterocycles. The first kappa shape index (κ1) is 29.5. The summed E-state index contributed by atoms with van der Waals surface area (Å²) in [5.74, 6) is 1.50. The second kappa shape index (κ2) is 14.2. The molecule has 0 amide bonds. The van der Waals surface area contributed by atoms with Crippen LogP contribution in [-0.4, -0.2) is 60.9 Å². The molecule has 0 radical (unpaired) electrons. The summed E-state index contributed by atoms with van der Waals surface area (Å²) in [4.78, 5) is 4.19. The number of hydrogen-bond acceptors (Lipinski definition) is 7. The van der Waals surface area contributed by atoms with Crippen molar-refractivity contribution in [1.82, 2.24) is 9.80 Å². The average Bonchev–Trinajstić information content (AvgIpc) is 3.38. The van der Waals surface area contributed by atoms with Crippen LogP contribution in [0, 0.1) is 0 Å². The van der Waals surface area contributed by atoms with Crippen LogP contribution in [0.5, 0.6) is 11.5 Å². The molecule has 1 aliphatic rings. The highest BCUT2D eigenvalue weighted by Crippen LogP contribution is 2.18. The number of rotatable bonds is 11. The predicted molar refractivity (Wildman–Crippen MR) is 154 cm³/mol. The van der Waals surface area contributed by atoms with Gasteiger partial charge in [0, 0.05) is 25.5 Å². The van der Waals surface area contributed by atoms with E-state index in [4.69, 9.17) is 14.0 Å². The minimum atomic E-state index is -4.06. The van der Waals surface area contributed by atoms with Crippen molar-refractivity contribution in [2.45, 2.75) is 17.5 Å². The third-order valence-electron chi connectivity index (χ3n) is 5.81. The van der Waals surface area contributed by atoms with E-state index < -0.39 is 16.2 Å². The molecule has 9 heteroatoms. The molecule has 206 valence electrons. The van der Waals surface area contributed by atoms with E-state index in [1.54, 1.807) is 25.3 Å². The maximum Gasteiger partial charge on any atom is 0.294 e. The summed E-state index contributed by atoms with van der Waals surface area (Å²) in [6.07, 6.45) is 6.93. The van der Waals surface area contributed by atoms with Crippen molar-refractivity contribution in [3.63, 3.8) is 0 Å². The van der Waals surface area contributed by atoms with E-state index in [1.807, 2.05) is 36.5 Å². The predicted octanol–water partition coefficient (Wildman–Crippen LogP) is 4.90. The quantitative estimate of drug-likeness (QED) is 0.325. The van der Waals surface area contributed by atoms with E-state index in [-0.39, 0.29) is 11.5 Å². The summed E-state index contributed by atoms with van der Waals surface area (Å²) in [5.41, 5.74) is 3.18. The highest BCUT2D eigenvalue weighted by molar-refractivity contribution is 7.85. The van der Waals surface area contributed by atoms with Gasteiger partial charge in [-0.15, -0.1) is 0 Å². The van der Waals surface area contributed by atoms with E-state index in [0.29, 0.717) is 6.54 Å². The Balaban J connectivity index is 0.000000293. The Bertz CT molecular complexity index is 1340. The highest BCUT2D eigenvalue weighted by atomic mass is 32.2. The number of aliphatic hydroxyl groups is 1. The molecule has 8 nitrogen and oxygen atoms in total. The van der Waals surface area contributed by atoms with Crippen LogP contribution in [0.2, 0.25) is 0 Å². The molecule has 0 bridgehead atoms. The summed E-state index contributed by atoms with van der Waals surface area (Å²) < 4.78 is 40.5. The molecule has 3 aromatic rings. The first-order valence-corrected chi connectivity index (χ1v) is 13.7. The summed E-state index contributed by atoms with van der Waals surface area (Å²) in [7, 11) is -2.43. The lowest BCUT2D eigenvalue weighted by molar-refractivity contribution is 0.0759. The number of benzene rings is 3. The zero-order valence-corrected chi connectivity index (χ0v) is 22.7. The SMILES string of the molecule is C=Cc1ccc(CN2C=CN(CC(O)COc3ccc(OC)cc3)C2)cc1.C=Cc1ccc(S(=O)(=O)O)cc1. The Morgan fingerprint density at radius 1 is 0.872 bits per heavy atom. The number of hydrogen-bond donors (Lipinski definition) is 2. The summed E-state index contributed by atoms with van der Waals surface area (Å²) in [5, 5.41) is 10.3. The minimum Gasteiger partial charge on any atom is -0.497 e. The highest BCUT2D eigenvalue weighted by Gasteiger charge is 2.16. The molecule has 39 heavy (non-hydrogen) atoms. The van der Waals surface area contributed by atoms with Crippen molar-refractivity contribution in [2.24, 2.45) is 0 Å². The van der Waals surface area contributed by atoms with Crippen molar-refractivity contribution >= 4 is 22.3 Å². The lowest BCUT2D eigenvalue weighted by Crippen LogP contribution is -2.34. The molecule has 3 aromatic carbocycles. The van der Waals surface area contributed by atoms with Crippen molar-refractivity contribution in [2.75, 3.05) is 26.9 Å². The maximum atomic E-state index is 10.6. The van der Waals surface area contributed by atoms with Crippen molar-refractivity contribution in [3.05, 3.63) is 115 Å². The third kappa shape index (κ3) is 9.64. The van der Waals surface area contributed by atoms with Crippen LogP contribution in [0.1, 0.15) is 16.7 Å². The second-order valence-electron chi connectivity index (χ2n) is 8.79. The van der Waals surface area contributed by atoms with E-state index in [2.05, 4.69) is 53.4 Å². The topological polar surface area (TPSA) is 99.5 Å².